The smallest absolute Gasteiger partial charge is 0.319 e. The molecule has 94 valence electrons. The van der Waals surface area contributed by atoms with E-state index in [1.165, 1.54) is 20.0 Å². The summed E-state index contributed by atoms with van der Waals surface area (Å²) in [6.07, 6.45) is 4.93. The largest absolute Gasteiger partial charge is 0.468 e. The normalized spacial score (nSPS) is 27.4. The third kappa shape index (κ3) is 4.55. The molecule has 1 aliphatic carbocycles. The van der Waals surface area contributed by atoms with Gasteiger partial charge in [0.05, 0.1) is 13.2 Å². The van der Waals surface area contributed by atoms with Crippen molar-refractivity contribution < 1.29 is 14.3 Å². The fourth-order valence-electron chi connectivity index (χ4n) is 2.03. The van der Waals surface area contributed by atoms with E-state index in [0.717, 1.165) is 12.8 Å². The van der Waals surface area contributed by atoms with Crippen LogP contribution in [0.1, 0.15) is 25.7 Å². The van der Waals surface area contributed by atoms with Gasteiger partial charge in [-0.15, -0.1) is 0 Å². The molecule has 1 rings (SSSR count). The van der Waals surface area contributed by atoms with Gasteiger partial charge in [-0.2, -0.15) is 0 Å². The number of esters is 1. The lowest BCUT2D eigenvalue weighted by atomic mass is 9.93. The van der Waals surface area contributed by atoms with Crippen LogP contribution in [0.15, 0.2) is 0 Å². The summed E-state index contributed by atoms with van der Waals surface area (Å²) in [7, 11) is 3.19. The Kier molecular flexibility index (Phi) is 6.60. The van der Waals surface area contributed by atoms with Crippen LogP contribution in [0.5, 0.6) is 0 Å². The highest BCUT2D eigenvalue weighted by atomic mass is 127. The first-order valence-corrected chi connectivity index (χ1v) is 6.90. The fourth-order valence-corrected chi connectivity index (χ4v) is 2.53. The van der Waals surface area contributed by atoms with E-state index in [0.29, 0.717) is 18.7 Å². The highest BCUT2D eigenvalue weighted by molar-refractivity contribution is 14.1. The summed E-state index contributed by atoms with van der Waals surface area (Å²) < 4.78 is 9.94. The van der Waals surface area contributed by atoms with Crippen molar-refractivity contribution in [3.63, 3.8) is 0 Å². The van der Waals surface area contributed by atoms with Gasteiger partial charge < -0.3 is 14.8 Å². The molecule has 4 nitrogen and oxygen atoms in total. The number of rotatable bonds is 5. The van der Waals surface area contributed by atoms with Gasteiger partial charge in [-0.3, -0.25) is 4.79 Å². The number of methoxy groups -OCH3 is 2. The maximum absolute atomic E-state index is 11.2. The van der Waals surface area contributed by atoms with Crippen LogP contribution in [0, 0.1) is 0 Å². The van der Waals surface area contributed by atoms with E-state index < -0.39 is 0 Å². The second-order valence-electron chi connectivity index (χ2n) is 4.12. The Hall–Kier alpha value is 0.120. The Morgan fingerprint density at radius 3 is 2.88 bits per heavy atom. The Bertz CT molecular complexity index is 225. The first-order valence-electron chi connectivity index (χ1n) is 5.65. The summed E-state index contributed by atoms with van der Waals surface area (Å²) in [5.41, 5.74) is 0. The Morgan fingerprint density at radius 2 is 2.25 bits per heavy atom. The van der Waals surface area contributed by atoms with Crippen LogP contribution in [0.25, 0.3) is 0 Å². The third-order valence-corrected chi connectivity index (χ3v) is 3.95. The van der Waals surface area contributed by atoms with Crippen molar-refractivity contribution in [2.75, 3.05) is 20.8 Å². The van der Waals surface area contributed by atoms with E-state index in [1.54, 1.807) is 7.11 Å². The van der Waals surface area contributed by atoms with Crippen LogP contribution in [-0.2, 0) is 14.3 Å². The van der Waals surface area contributed by atoms with Gasteiger partial charge in [0.15, 0.2) is 0 Å². The monoisotopic (exact) mass is 341 g/mol. The predicted molar refractivity (Wildman–Crippen MR) is 70.9 cm³/mol. The maximum Gasteiger partial charge on any atom is 0.319 e. The summed E-state index contributed by atoms with van der Waals surface area (Å²) in [4.78, 5) is 11.2. The zero-order chi connectivity index (χ0) is 12.0. The zero-order valence-corrected chi connectivity index (χ0v) is 12.0. The quantitative estimate of drug-likeness (QED) is 0.468. The Balaban J connectivity index is 2.24. The SMILES string of the molecule is COC(=O)C(I)CNC1CCCC(OC)C1. The number of alkyl halides is 1. The lowest BCUT2D eigenvalue weighted by Crippen LogP contribution is -2.41. The van der Waals surface area contributed by atoms with Crippen LogP contribution in [0.4, 0.5) is 0 Å². The van der Waals surface area contributed by atoms with Crippen molar-refractivity contribution in [1.82, 2.24) is 5.32 Å². The molecule has 0 aliphatic heterocycles. The van der Waals surface area contributed by atoms with Crippen LogP contribution >= 0.6 is 22.6 Å². The molecule has 16 heavy (non-hydrogen) atoms. The molecule has 0 heterocycles. The van der Waals surface area contributed by atoms with E-state index in [2.05, 4.69) is 32.6 Å². The second kappa shape index (κ2) is 7.45. The highest BCUT2D eigenvalue weighted by Crippen LogP contribution is 2.20. The maximum atomic E-state index is 11.2. The van der Waals surface area contributed by atoms with E-state index >= 15 is 0 Å². The van der Waals surface area contributed by atoms with Crippen LogP contribution in [-0.4, -0.2) is 42.8 Å². The van der Waals surface area contributed by atoms with E-state index in [9.17, 15) is 4.79 Å². The number of carbonyl (C=O) groups is 1. The van der Waals surface area contributed by atoms with Crippen LogP contribution < -0.4 is 5.32 Å². The van der Waals surface area contributed by atoms with E-state index in [4.69, 9.17) is 4.74 Å². The van der Waals surface area contributed by atoms with Crippen molar-refractivity contribution in [3.05, 3.63) is 0 Å². The van der Waals surface area contributed by atoms with E-state index in [-0.39, 0.29) is 9.89 Å². The molecule has 3 unspecified atom stereocenters. The molecule has 0 amide bonds. The van der Waals surface area contributed by atoms with Crippen molar-refractivity contribution in [2.45, 2.75) is 41.8 Å². The minimum Gasteiger partial charge on any atom is -0.468 e. The number of hydrogen-bond acceptors (Lipinski definition) is 4. The minimum atomic E-state index is -0.160. The number of ether oxygens (including phenoxy) is 2. The Labute approximate surface area is 111 Å². The van der Waals surface area contributed by atoms with Crippen LogP contribution in [0.3, 0.4) is 0 Å². The Morgan fingerprint density at radius 1 is 1.50 bits per heavy atom. The van der Waals surface area contributed by atoms with Gasteiger partial charge in [0.25, 0.3) is 0 Å². The van der Waals surface area contributed by atoms with Crippen LogP contribution in [0.2, 0.25) is 0 Å². The first-order chi connectivity index (χ1) is 7.67. The molecule has 0 aromatic rings. The standard InChI is InChI=1S/C11H20INO3/c1-15-9-5-3-4-8(6-9)13-7-10(12)11(14)16-2/h8-10,13H,3-7H2,1-2H3. The average molecular weight is 341 g/mol. The zero-order valence-electron chi connectivity index (χ0n) is 9.87. The van der Waals surface area contributed by atoms with Crippen molar-refractivity contribution in [3.8, 4) is 0 Å². The summed E-state index contributed by atoms with van der Waals surface area (Å²) in [6, 6.07) is 0.473. The van der Waals surface area contributed by atoms with Gasteiger partial charge in [-0.1, -0.05) is 22.6 Å². The summed E-state index contributed by atoms with van der Waals surface area (Å²) in [6.45, 7) is 0.675. The molecule has 0 spiro atoms. The van der Waals surface area contributed by atoms with Crippen molar-refractivity contribution in [1.29, 1.82) is 0 Å². The topological polar surface area (TPSA) is 47.6 Å². The molecule has 0 radical (unpaired) electrons. The fraction of sp³-hybridized carbons (Fsp3) is 0.909. The summed E-state index contributed by atoms with van der Waals surface area (Å²) in [5.74, 6) is -0.160. The van der Waals surface area contributed by atoms with Gasteiger partial charge in [0.1, 0.15) is 3.92 Å². The van der Waals surface area contributed by atoms with Gasteiger partial charge >= 0.3 is 5.97 Å². The van der Waals surface area contributed by atoms with Gasteiger partial charge in [0, 0.05) is 19.7 Å². The number of carbonyl (C=O) groups excluding carboxylic acids is 1. The molecule has 1 N–H and O–H groups in total. The molecule has 1 saturated carbocycles. The molecule has 0 saturated heterocycles. The highest BCUT2D eigenvalue weighted by Gasteiger charge is 2.23. The predicted octanol–water partition coefficient (Wildman–Crippen LogP) is 1.51. The first kappa shape index (κ1) is 14.2. The lowest BCUT2D eigenvalue weighted by molar-refractivity contribution is -0.139. The molecule has 5 heteroatoms. The van der Waals surface area contributed by atoms with Gasteiger partial charge in [-0.25, -0.2) is 0 Å². The van der Waals surface area contributed by atoms with Crippen molar-refractivity contribution >= 4 is 28.6 Å². The van der Waals surface area contributed by atoms with Gasteiger partial charge in [0.2, 0.25) is 0 Å². The molecular weight excluding hydrogens is 321 g/mol. The molecule has 0 aromatic heterocycles. The van der Waals surface area contributed by atoms with E-state index in [1.807, 2.05) is 0 Å². The molecule has 0 bridgehead atoms. The second-order valence-corrected chi connectivity index (χ2v) is 5.62. The third-order valence-electron chi connectivity index (χ3n) is 3.00. The molecular formula is C11H20INO3. The van der Waals surface area contributed by atoms with Gasteiger partial charge in [-0.05, 0) is 25.7 Å². The minimum absolute atomic E-state index is 0.106. The summed E-state index contributed by atoms with van der Waals surface area (Å²) >= 11 is 2.11. The number of halogens is 1. The number of nitrogens with one attached hydrogen (secondary N) is 1. The van der Waals surface area contributed by atoms with Crippen molar-refractivity contribution in [2.24, 2.45) is 0 Å². The molecule has 1 aliphatic rings. The molecule has 3 atom stereocenters. The number of hydrogen-bond donors (Lipinski definition) is 1. The summed E-state index contributed by atoms with van der Waals surface area (Å²) in [5, 5.41) is 3.41. The molecule has 1 fully saturated rings. The molecule has 0 aromatic carbocycles. The average Bonchev–Trinajstić information content (AvgIpc) is 2.35. The lowest BCUT2D eigenvalue weighted by Gasteiger charge is -2.29.